The molecule has 0 atom stereocenters. The summed E-state index contributed by atoms with van der Waals surface area (Å²) >= 11 is 0. The van der Waals surface area contributed by atoms with Crippen LogP contribution in [0.3, 0.4) is 0 Å². The van der Waals surface area contributed by atoms with Crippen LogP contribution in [0.2, 0.25) is 0 Å². The van der Waals surface area contributed by atoms with E-state index in [-0.39, 0.29) is 0 Å². The fourth-order valence-electron chi connectivity index (χ4n) is 1.67. The Morgan fingerprint density at radius 3 is 2.82 bits per heavy atom. The smallest absolute Gasteiger partial charge is 0.158 e. The molecular weight excluding hydrogens is 218 g/mol. The third-order valence-corrected chi connectivity index (χ3v) is 2.52. The van der Waals surface area contributed by atoms with Crippen molar-refractivity contribution in [3.8, 4) is 11.5 Å². The van der Waals surface area contributed by atoms with Gasteiger partial charge in [-0.15, -0.1) is 10.2 Å². The van der Waals surface area contributed by atoms with Crippen LogP contribution < -0.4 is 0 Å². The Morgan fingerprint density at radius 1 is 1.18 bits per heavy atom. The van der Waals surface area contributed by atoms with Gasteiger partial charge in [0.05, 0.1) is 12.5 Å². The zero-order valence-electron chi connectivity index (χ0n) is 9.06. The van der Waals surface area contributed by atoms with Crippen LogP contribution in [0.5, 0.6) is 0 Å². The van der Waals surface area contributed by atoms with Gasteiger partial charge in [-0.2, -0.15) is 0 Å². The molecule has 1 N–H and O–H groups in total. The summed E-state index contributed by atoms with van der Waals surface area (Å²) in [5.74, 6) is 0.885. The molecule has 0 aliphatic carbocycles. The molecule has 0 aliphatic rings. The highest BCUT2D eigenvalue weighted by molar-refractivity contribution is 5.47. The van der Waals surface area contributed by atoms with Gasteiger partial charge in [0.15, 0.2) is 5.82 Å². The second kappa shape index (κ2) is 4.20. The molecule has 3 aromatic heterocycles. The number of nitrogens with zero attached hydrogens (tertiary/aromatic N) is 6. The van der Waals surface area contributed by atoms with Crippen LogP contribution in [-0.2, 0) is 13.1 Å². The van der Waals surface area contributed by atoms with Crippen molar-refractivity contribution in [1.29, 1.82) is 0 Å². The third kappa shape index (κ3) is 1.94. The van der Waals surface area contributed by atoms with Gasteiger partial charge in [-0.3, -0.25) is 0 Å². The minimum Gasteiger partial charge on any atom is -0.342 e. The predicted molar refractivity (Wildman–Crippen MR) is 59.8 cm³/mol. The van der Waals surface area contributed by atoms with Crippen LogP contribution in [0.1, 0.15) is 0 Å². The molecule has 0 aromatic carbocycles. The highest BCUT2D eigenvalue weighted by Gasteiger charge is 2.06. The van der Waals surface area contributed by atoms with Crippen molar-refractivity contribution in [1.82, 2.24) is 34.3 Å². The van der Waals surface area contributed by atoms with Crippen molar-refractivity contribution < 1.29 is 0 Å². The molecular formula is C10H11N7. The minimum atomic E-state index is 0.810. The molecule has 0 unspecified atom stereocenters. The third-order valence-electron chi connectivity index (χ3n) is 2.52. The Labute approximate surface area is 97.2 Å². The van der Waals surface area contributed by atoms with Crippen molar-refractivity contribution in [3.63, 3.8) is 0 Å². The van der Waals surface area contributed by atoms with Gasteiger partial charge >= 0.3 is 0 Å². The maximum absolute atomic E-state index is 4.31. The number of rotatable bonds is 4. The van der Waals surface area contributed by atoms with Crippen LogP contribution in [0.4, 0.5) is 0 Å². The Kier molecular flexibility index (Phi) is 2.41. The lowest BCUT2D eigenvalue weighted by Crippen LogP contribution is -2.06. The van der Waals surface area contributed by atoms with Crippen molar-refractivity contribution in [2.45, 2.75) is 13.1 Å². The average molecular weight is 229 g/mol. The van der Waals surface area contributed by atoms with Gasteiger partial charge in [-0.1, -0.05) is 0 Å². The van der Waals surface area contributed by atoms with Crippen molar-refractivity contribution >= 4 is 0 Å². The molecule has 3 heterocycles. The molecule has 7 nitrogen and oxygen atoms in total. The quantitative estimate of drug-likeness (QED) is 0.709. The molecule has 3 aromatic rings. The number of hydrogen-bond donors (Lipinski definition) is 1. The SMILES string of the molecule is c1cn(CCn2cnnc2)c(-c2cnc[nH]2)n1. The maximum atomic E-state index is 4.31. The van der Waals surface area contributed by atoms with E-state index in [0.29, 0.717) is 0 Å². The van der Waals surface area contributed by atoms with Crippen LogP contribution in [0, 0.1) is 0 Å². The van der Waals surface area contributed by atoms with Crippen molar-refractivity contribution in [2.24, 2.45) is 0 Å². The number of aryl methyl sites for hydroxylation is 2. The highest BCUT2D eigenvalue weighted by Crippen LogP contribution is 2.13. The molecule has 0 saturated carbocycles. The first-order valence-electron chi connectivity index (χ1n) is 5.26. The van der Waals surface area contributed by atoms with Gasteiger partial charge in [-0.05, 0) is 0 Å². The second-order valence-corrected chi connectivity index (χ2v) is 3.61. The number of hydrogen-bond acceptors (Lipinski definition) is 4. The van der Waals surface area contributed by atoms with E-state index in [1.807, 2.05) is 10.8 Å². The van der Waals surface area contributed by atoms with Gasteiger partial charge in [0.1, 0.15) is 18.3 Å². The van der Waals surface area contributed by atoms with E-state index < -0.39 is 0 Å². The number of imidazole rings is 2. The summed E-state index contributed by atoms with van der Waals surface area (Å²) in [4.78, 5) is 11.4. The Hall–Kier alpha value is -2.44. The first kappa shape index (κ1) is 9.76. The van der Waals surface area contributed by atoms with Gasteiger partial charge in [-0.25, -0.2) is 9.97 Å². The monoisotopic (exact) mass is 229 g/mol. The lowest BCUT2D eigenvalue weighted by molar-refractivity contribution is 0.580. The van der Waals surface area contributed by atoms with E-state index in [9.17, 15) is 0 Å². The summed E-state index contributed by atoms with van der Waals surface area (Å²) in [5, 5.41) is 7.53. The zero-order valence-corrected chi connectivity index (χ0v) is 9.06. The van der Waals surface area contributed by atoms with Crippen LogP contribution in [-0.4, -0.2) is 34.3 Å². The molecule has 0 amide bonds. The average Bonchev–Trinajstić information content (AvgIpc) is 3.09. The first-order valence-corrected chi connectivity index (χ1v) is 5.26. The molecule has 17 heavy (non-hydrogen) atoms. The molecule has 0 radical (unpaired) electrons. The zero-order chi connectivity index (χ0) is 11.5. The highest BCUT2D eigenvalue weighted by atomic mass is 15.2. The van der Waals surface area contributed by atoms with E-state index >= 15 is 0 Å². The normalized spacial score (nSPS) is 10.8. The predicted octanol–water partition coefficient (Wildman–Crippen LogP) is 0.565. The standard InChI is InChI=1S/C10H11N7/c1-2-17(4-3-16-7-14-15-8-16)10(12-1)9-5-11-6-13-9/h1-2,5-8H,3-4H2,(H,11,13). The number of aromatic nitrogens is 7. The minimum absolute atomic E-state index is 0.810. The summed E-state index contributed by atoms with van der Waals surface area (Å²) in [5.41, 5.74) is 0.916. The second-order valence-electron chi connectivity index (χ2n) is 3.61. The van der Waals surface area contributed by atoms with Crippen LogP contribution >= 0.6 is 0 Å². The molecule has 0 saturated heterocycles. The summed E-state index contributed by atoms with van der Waals surface area (Å²) in [6.07, 6.45) is 10.5. The first-order chi connectivity index (χ1) is 8.43. The number of aromatic amines is 1. The largest absolute Gasteiger partial charge is 0.342 e. The van der Waals surface area contributed by atoms with E-state index in [4.69, 9.17) is 0 Å². The van der Waals surface area contributed by atoms with Crippen LogP contribution in [0.25, 0.3) is 11.5 Å². The lowest BCUT2D eigenvalue weighted by Gasteiger charge is -2.06. The Balaban J connectivity index is 1.78. The van der Waals surface area contributed by atoms with Gasteiger partial charge in [0, 0.05) is 25.5 Å². The van der Waals surface area contributed by atoms with E-state index in [2.05, 4.69) is 29.7 Å². The van der Waals surface area contributed by atoms with E-state index in [1.165, 1.54) is 0 Å². The van der Waals surface area contributed by atoms with Crippen molar-refractivity contribution in [3.05, 3.63) is 37.6 Å². The lowest BCUT2D eigenvalue weighted by atomic mass is 10.4. The van der Waals surface area contributed by atoms with Gasteiger partial charge in [0.2, 0.25) is 0 Å². The van der Waals surface area contributed by atoms with Crippen LogP contribution in [0.15, 0.2) is 37.6 Å². The molecule has 0 aliphatic heterocycles. The maximum Gasteiger partial charge on any atom is 0.158 e. The number of nitrogens with one attached hydrogen (secondary N) is 1. The Morgan fingerprint density at radius 2 is 2.06 bits per heavy atom. The van der Waals surface area contributed by atoms with E-state index in [1.54, 1.807) is 31.4 Å². The van der Waals surface area contributed by atoms with Gasteiger partial charge < -0.3 is 14.1 Å². The molecule has 7 heteroatoms. The fraction of sp³-hybridized carbons (Fsp3) is 0.200. The summed E-state index contributed by atoms with van der Waals surface area (Å²) < 4.78 is 3.99. The molecule has 0 spiro atoms. The summed E-state index contributed by atoms with van der Waals surface area (Å²) in [7, 11) is 0. The van der Waals surface area contributed by atoms with Gasteiger partial charge in [0.25, 0.3) is 0 Å². The van der Waals surface area contributed by atoms with Crippen molar-refractivity contribution in [2.75, 3.05) is 0 Å². The van der Waals surface area contributed by atoms with E-state index in [0.717, 1.165) is 24.6 Å². The Bertz CT molecular complexity index is 564. The fourth-order valence-corrected chi connectivity index (χ4v) is 1.67. The molecule has 0 fully saturated rings. The summed E-state index contributed by atoms with van der Waals surface area (Å²) in [6.45, 7) is 1.62. The molecule has 0 bridgehead atoms. The summed E-state index contributed by atoms with van der Waals surface area (Å²) in [6, 6.07) is 0. The topological polar surface area (TPSA) is 77.2 Å². The molecule has 86 valence electrons. The molecule has 3 rings (SSSR count). The number of H-pyrrole nitrogens is 1.